The van der Waals surface area contributed by atoms with Crippen LogP contribution in [0.1, 0.15) is 16.7 Å². The highest BCUT2D eigenvalue weighted by Crippen LogP contribution is 2.26. The van der Waals surface area contributed by atoms with Gasteiger partial charge in [0.2, 0.25) is 0 Å². The van der Waals surface area contributed by atoms with E-state index >= 15 is 0 Å². The van der Waals surface area contributed by atoms with E-state index in [1.165, 1.54) is 11.1 Å². The summed E-state index contributed by atoms with van der Waals surface area (Å²) in [6.45, 7) is 2.33. The lowest BCUT2D eigenvalue weighted by Gasteiger charge is -2.19. The molecule has 0 spiro atoms. The first-order valence-electron chi connectivity index (χ1n) is 7.20. The Morgan fingerprint density at radius 1 is 1.14 bits per heavy atom. The minimum Gasteiger partial charge on any atom is -0.508 e. The van der Waals surface area contributed by atoms with Crippen LogP contribution in [0.5, 0.6) is 5.75 Å². The number of phenolic OH excluding ortho intramolecular Hbond substituents is 1. The normalized spacial score (nSPS) is 13.0. The average Bonchev–Trinajstić information content (AvgIpc) is 2.92. The Morgan fingerprint density at radius 2 is 1.86 bits per heavy atom. The van der Waals surface area contributed by atoms with Crippen LogP contribution in [0.25, 0.3) is 0 Å². The van der Waals surface area contributed by atoms with Crippen LogP contribution < -0.4 is 5.32 Å². The highest BCUT2D eigenvalue weighted by molar-refractivity contribution is 7.80. The summed E-state index contributed by atoms with van der Waals surface area (Å²) < 4.78 is 0. The van der Waals surface area contributed by atoms with Gasteiger partial charge < -0.3 is 15.3 Å². The van der Waals surface area contributed by atoms with Crippen LogP contribution in [0.2, 0.25) is 5.02 Å². The van der Waals surface area contributed by atoms with E-state index in [-0.39, 0.29) is 0 Å². The molecular formula is C17H17ClN2OS. The summed E-state index contributed by atoms with van der Waals surface area (Å²) in [4.78, 5) is 2.11. The van der Waals surface area contributed by atoms with Crippen molar-refractivity contribution in [3.05, 3.63) is 64.2 Å². The Hall–Kier alpha value is -1.78. The predicted octanol–water partition coefficient (Wildman–Crippen LogP) is 3.48. The van der Waals surface area contributed by atoms with E-state index in [1.54, 1.807) is 6.07 Å². The minimum atomic E-state index is 0.308. The average molecular weight is 333 g/mol. The molecule has 0 radical (unpaired) electrons. The molecule has 5 heteroatoms. The molecule has 114 valence electrons. The van der Waals surface area contributed by atoms with Crippen molar-refractivity contribution in [3.63, 3.8) is 0 Å². The van der Waals surface area contributed by atoms with Crippen molar-refractivity contribution in [3.8, 4) is 5.75 Å². The molecule has 2 aromatic rings. The molecule has 0 bridgehead atoms. The number of hydrogen-bond acceptors (Lipinski definition) is 2. The second-order valence-electron chi connectivity index (χ2n) is 5.42. The van der Waals surface area contributed by atoms with Crippen LogP contribution >= 0.6 is 23.8 Å². The number of rotatable bonds is 3. The molecule has 0 aliphatic carbocycles. The van der Waals surface area contributed by atoms with Gasteiger partial charge in [-0.1, -0.05) is 29.8 Å². The molecular weight excluding hydrogens is 316 g/mol. The smallest absolute Gasteiger partial charge is 0.169 e. The monoisotopic (exact) mass is 332 g/mol. The topological polar surface area (TPSA) is 35.5 Å². The van der Waals surface area contributed by atoms with E-state index in [0.717, 1.165) is 41.8 Å². The van der Waals surface area contributed by atoms with Crippen molar-refractivity contribution in [2.75, 3.05) is 6.54 Å². The van der Waals surface area contributed by atoms with E-state index in [0.29, 0.717) is 5.75 Å². The highest BCUT2D eigenvalue weighted by Gasteiger charge is 2.20. The van der Waals surface area contributed by atoms with E-state index in [9.17, 15) is 5.11 Å². The first-order chi connectivity index (χ1) is 10.6. The zero-order valence-electron chi connectivity index (χ0n) is 12.1. The third kappa shape index (κ3) is 3.51. The van der Waals surface area contributed by atoms with Crippen molar-refractivity contribution in [2.45, 2.75) is 19.5 Å². The molecule has 2 N–H and O–H groups in total. The van der Waals surface area contributed by atoms with Crippen molar-refractivity contribution in [1.82, 2.24) is 10.2 Å². The number of phenols is 1. The van der Waals surface area contributed by atoms with E-state index < -0.39 is 0 Å². The molecule has 22 heavy (non-hydrogen) atoms. The number of halogens is 1. The van der Waals surface area contributed by atoms with Crippen LogP contribution in [0.4, 0.5) is 0 Å². The second-order valence-corrected chi connectivity index (χ2v) is 6.24. The van der Waals surface area contributed by atoms with Gasteiger partial charge in [0.25, 0.3) is 0 Å². The van der Waals surface area contributed by atoms with Gasteiger partial charge in [0, 0.05) is 24.7 Å². The third-order valence-electron chi connectivity index (χ3n) is 3.80. The SMILES string of the molecule is Oc1ccc2c(c1)CN(C(=S)NCCc1ccc(Cl)cc1)C2. The van der Waals surface area contributed by atoms with Gasteiger partial charge in [-0.3, -0.25) is 0 Å². The number of fused-ring (bicyclic) bond motifs is 1. The molecule has 0 unspecified atom stereocenters. The van der Waals surface area contributed by atoms with Gasteiger partial charge in [-0.2, -0.15) is 0 Å². The molecule has 3 rings (SSSR count). The van der Waals surface area contributed by atoms with Gasteiger partial charge in [0.1, 0.15) is 5.75 Å². The predicted molar refractivity (Wildman–Crippen MR) is 93.1 cm³/mol. The molecule has 0 fully saturated rings. The summed E-state index contributed by atoms with van der Waals surface area (Å²) in [6, 6.07) is 13.4. The molecule has 1 aliphatic heterocycles. The second kappa shape index (κ2) is 6.55. The maximum Gasteiger partial charge on any atom is 0.169 e. The Morgan fingerprint density at radius 3 is 2.64 bits per heavy atom. The van der Waals surface area contributed by atoms with Crippen molar-refractivity contribution in [2.24, 2.45) is 0 Å². The lowest BCUT2D eigenvalue weighted by atomic mass is 10.1. The summed E-state index contributed by atoms with van der Waals surface area (Å²) >= 11 is 11.3. The zero-order chi connectivity index (χ0) is 15.5. The fraction of sp³-hybridized carbons (Fsp3) is 0.235. The largest absolute Gasteiger partial charge is 0.508 e. The number of benzene rings is 2. The number of aromatic hydroxyl groups is 1. The van der Waals surface area contributed by atoms with Crippen molar-refractivity contribution >= 4 is 28.9 Å². The Labute approximate surface area is 140 Å². The Kier molecular flexibility index (Phi) is 4.50. The standard InChI is InChI=1S/C17H17ClN2OS/c18-15-4-1-12(2-5-15)7-8-19-17(22)20-10-13-3-6-16(21)9-14(13)11-20/h1-6,9,21H,7-8,10-11H2,(H,19,22). The minimum absolute atomic E-state index is 0.308. The molecule has 3 nitrogen and oxygen atoms in total. The maximum atomic E-state index is 9.53. The Balaban J connectivity index is 1.50. The molecule has 0 saturated heterocycles. The molecule has 1 heterocycles. The van der Waals surface area contributed by atoms with Crippen LogP contribution in [-0.2, 0) is 19.5 Å². The van der Waals surface area contributed by atoms with Crippen LogP contribution in [-0.4, -0.2) is 21.7 Å². The molecule has 2 aromatic carbocycles. The summed E-state index contributed by atoms with van der Waals surface area (Å²) in [7, 11) is 0. The zero-order valence-corrected chi connectivity index (χ0v) is 13.6. The number of thiocarbonyl (C=S) groups is 1. The summed E-state index contributed by atoms with van der Waals surface area (Å²) in [6.07, 6.45) is 0.902. The highest BCUT2D eigenvalue weighted by atomic mass is 35.5. The molecule has 1 aliphatic rings. The maximum absolute atomic E-state index is 9.53. The van der Waals surface area contributed by atoms with Gasteiger partial charge in [-0.05, 0) is 59.6 Å². The molecule has 0 atom stereocenters. The van der Waals surface area contributed by atoms with Crippen molar-refractivity contribution in [1.29, 1.82) is 0 Å². The van der Waals surface area contributed by atoms with E-state index in [2.05, 4.69) is 10.2 Å². The lowest BCUT2D eigenvalue weighted by Crippen LogP contribution is -2.37. The first-order valence-corrected chi connectivity index (χ1v) is 7.98. The molecule has 0 saturated carbocycles. The van der Waals surface area contributed by atoms with Crippen LogP contribution in [0.3, 0.4) is 0 Å². The van der Waals surface area contributed by atoms with Crippen molar-refractivity contribution < 1.29 is 5.11 Å². The fourth-order valence-corrected chi connectivity index (χ4v) is 2.96. The number of nitrogens with zero attached hydrogens (tertiary/aromatic N) is 1. The van der Waals surface area contributed by atoms with Gasteiger partial charge in [-0.25, -0.2) is 0 Å². The van der Waals surface area contributed by atoms with E-state index in [4.69, 9.17) is 23.8 Å². The summed E-state index contributed by atoms with van der Waals surface area (Å²) in [5.74, 6) is 0.308. The molecule has 0 aromatic heterocycles. The quantitative estimate of drug-likeness (QED) is 0.844. The van der Waals surface area contributed by atoms with E-state index in [1.807, 2.05) is 36.4 Å². The fourth-order valence-electron chi connectivity index (χ4n) is 2.60. The molecule has 0 amide bonds. The summed E-state index contributed by atoms with van der Waals surface area (Å²) in [5, 5.41) is 14.3. The Bertz CT molecular complexity index is 688. The first kappa shape index (κ1) is 15.1. The van der Waals surface area contributed by atoms with Crippen LogP contribution in [0, 0.1) is 0 Å². The number of nitrogens with one attached hydrogen (secondary N) is 1. The van der Waals surface area contributed by atoms with Gasteiger partial charge >= 0.3 is 0 Å². The van der Waals surface area contributed by atoms with Gasteiger partial charge in [-0.15, -0.1) is 0 Å². The third-order valence-corrected chi connectivity index (χ3v) is 4.46. The van der Waals surface area contributed by atoms with Gasteiger partial charge in [0.05, 0.1) is 0 Å². The summed E-state index contributed by atoms with van der Waals surface area (Å²) in [5.41, 5.74) is 3.59. The number of hydrogen-bond donors (Lipinski definition) is 2. The lowest BCUT2D eigenvalue weighted by molar-refractivity contribution is 0.437. The van der Waals surface area contributed by atoms with Crippen LogP contribution in [0.15, 0.2) is 42.5 Å². The van der Waals surface area contributed by atoms with Gasteiger partial charge in [0.15, 0.2) is 5.11 Å².